The van der Waals surface area contributed by atoms with Gasteiger partial charge in [-0.05, 0) is 37.3 Å². The number of phenolic OH excluding ortho intramolecular Hbond substituents is 1. The summed E-state index contributed by atoms with van der Waals surface area (Å²) in [7, 11) is 0. The van der Waals surface area contributed by atoms with Crippen molar-refractivity contribution in [2.45, 2.75) is 13.0 Å². The molecule has 1 aromatic carbocycles. The number of carbonyl (C=O) groups is 1. The molecular weight excluding hydrogens is 264 g/mol. The zero-order chi connectivity index (χ0) is 13.8. The zero-order valence-electron chi connectivity index (χ0n) is 10.3. The van der Waals surface area contributed by atoms with Crippen LogP contribution in [0.4, 0.5) is 0 Å². The van der Waals surface area contributed by atoms with Gasteiger partial charge in [-0.15, -0.1) is 0 Å². The highest BCUT2D eigenvalue weighted by Crippen LogP contribution is 2.21. The smallest absolute Gasteiger partial charge is 0.253 e. The Morgan fingerprint density at radius 1 is 1.37 bits per heavy atom. The molecule has 0 bridgehead atoms. The van der Waals surface area contributed by atoms with E-state index in [1.54, 1.807) is 6.20 Å². The minimum Gasteiger partial charge on any atom is -0.508 e. The van der Waals surface area contributed by atoms with Crippen LogP contribution in [-0.2, 0) is 0 Å². The van der Waals surface area contributed by atoms with E-state index in [-0.39, 0.29) is 23.3 Å². The van der Waals surface area contributed by atoms with Crippen molar-refractivity contribution < 1.29 is 9.90 Å². The van der Waals surface area contributed by atoms with E-state index in [1.807, 2.05) is 25.1 Å². The van der Waals surface area contributed by atoms with Gasteiger partial charge >= 0.3 is 0 Å². The molecule has 4 nitrogen and oxygen atoms in total. The lowest BCUT2D eigenvalue weighted by Gasteiger charge is -2.14. The first-order chi connectivity index (χ1) is 9.08. The fourth-order valence-electron chi connectivity index (χ4n) is 1.67. The maximum absolute atomic E-state index is 12.1. The summed E-state index contributed by atoms with van der Waals surface area (Å²) in [6.45, 7) is 1.83. The number of hydrogen-bond acceptors (Lipinski definition) is 3. The molecule has 0 saturated heterocycles. The molecule has 0 saturated carbocycles. The summed E-state index contributed by atoms with van der Waals surface area (Å²) in [6.07, 6.45) is 1.67. The molecule has 2 N–H and O–H groups in total. The summed E-state index contributed by atoms with van der Waals surface area (Å²) in [5.74, 6) is -0.348. The SMILES string of the molecule is CC(NC(=O)c1cc(O)ccc1Cl)c1ccccn1. The average Bonchev–Trinajstić information content (AvgIpc) is 2.42. The van der Waals surface area contributed by atoms with Crippen LogP contribution in [0.2, 0.25) is 5.02 Å². The first-order valence-electron chi connectivity index (χ1n) is 5.78. The molecule has 1 unspecified atom stereocenters. The van der Waals surface area contributed by atoms with Crippen LogP contribution in [0.1, 0.15) is 29.0 Å². The summed E-state index contributed by atoms with van der Waals surface area (Å²) in [6, 6.07) is 9.50. The summed E-state index contributed by atoms with van der Waals surface area (Å²) in [4.78, 5) is 16.2. The number of aromatic nitrogens is 1. The molecule has 5 heteroatoms. The molecule has 1 heterocycles. The van der Waals surface area contributed by atoms with Crippen molar-refractivity contribution in [2.75, 3.05) is 0 Å². The Morgan fingerprint density at radius 3 is 2.84 bits per heavy atom. The van der Waals surface area contributed by atoms with Crippen molar-refractivity contribution >= 4 is 17.5 Å². The molecule has 1 amide bonds. The maximum Gasteiger partial charge on any atom is 0.253 e. The summed E-state index contributed by atoms with van der Waals surface area (Å²) in [5, 5.41) is 12.5. The normalized spacial score (nSPS) is 11.9. The number of pyridine rings is 1. The number of aromatic hydroxyl groups is 1. The molecule has 19 heavy (non-hydrogen) atoms. The highest BCUT2D eigenvalue weighted by molar-refractivity contribution is 6.33. The van der Waals surface area contributed by atoms with Crippen molar-refractivity contribution in [3.8, 4) is 5.75 Å². The summed E-state index contributed by atoms with van der Waals surface area (Å²) >= 11 is 5.93. The molecule has 0 aliphatic rings. The van der Waals surface area contributed by atoms with Gasteiger partial charge in [0.15, 0.2) is 0 Å². The lowest BCUT2D eigenvalue weighted by atomic mass is 10.1. The second-order valence-corrected chi connectivity index (χ2v) is 4.52. The lowest BCUT2D eigenvalue weighted by molar-refractivity contribution is 0.0939. The van der Waals surface area contributed by atoms with Crippen molar-refractivity contribution in [2.24, 2.45) is 0 Å². The molecule has 0 aliphatic heterocycles. The molecule has 98 valence electrons. The molecular formula is C14H13ClN2O2. The Labute approximate surface area is 116 Å². The number of nitrogens with one attached hydrogen (secondary N) is 1. The van der Waals surface area contributed by atoms with E-state index in [0.717, 1.165) is 5.69 Å². The molecule has 1 atom stereocenters. The van der Waals surface area contributed by atoms with Crippen LogP contribution < -0.4 is 5.32 Å². The van der Waals surface area contributed by atoms with Crippen LogP contribution >= 0.6 is 11.6 Å². The Bertz CT molecular complexity index is 587. The van der Waals surface area contributed by atoms with E-state index < -0.39 is 0 Å². The van der Waals surface area contributed by atoms with Crippen molar-refractivity contribution in [1.82, 2.24) is 10.3 Å². The van der Waals surface area contributed by atoms with Gasteiger partial charge in [0.2, 0.25) is 0 Å². The minimum absolute atomic E-state index is 0.0000363. The monoisotopic (exact) mass is 276 g/mol. The van der Waals surface area contributed by atoms with Gasteiger partial charge in [-0.1, -0.05) is 17.7 Å². The van der Waals surface area contributed by atoms with Crippen molar-refractivity contribution in [3.63, 3.8) is 0 Å². The van der Waals surface area contributed by atoms with Crippen LogP contribution in [0, 0.1) is 0 Å². The molecule has 0 spiro atoms. The van der Waals surface area contributed by atoms with Crippen molar-refractivity contribution in [1.29, 1.82) is 0 Å². The van der Waals surface area contributed by atoms with E-state index in [9.17, 15) is 9.90 Å². The highest BCUT2D eigenvalue weighted by atomic mass is 35.5. The zero-order valence-corrected chi connectivity index (χ0v) is 11.1. The Kier molecular flexibility index (Phi) is 4.02. The second kappa shape index (κ2) is 5.71. The Balaban J connectivity index is 2.15. The molecule has 2 aromatic rings. The molecule has 1 aromatic heterocycles. The highest BCUT2D eigenvalue weighted by Gasteiger charge is 2.15. The van der Waals surface area contributed by atoms with Crippen LogP contribution in [0.15, 0.2) is 42.6 Å². The number of phenols is 1. The van der Waals surface area contributed by atoms with Gasteiger partial charge in [-0.3, -0.25) is 9.78 Å². The number of rotatable bonds is 3. The molecule has 0 fully saturated rings. The van der Waals surface area contributed by atoms with Gasteiger partial charge in [0, 0.05) is 6.20 Å². The third-order valence-electron chi connectivity index (χ3n) is 2.67. The van der Waals surface area contributed by atoms with Crippen LogP contribution in [0.3, 0.4) is 0 Å². The number of halogens is 1. The van der Waals surface area contributed by atoms with Gasteiger partial charge in [0.25, 0.3) is 5.91 Å². The van der Waals surface area contributed by atoms with E-state index >= 15 is 0 Å². The quantitative estimate of drug-likeness (QED) is 0.906. The number of amides is 1. The van der Waals surface area contributed by atoms with E-state index in [1.165, 1.54) is 18.2 Å². The number of nitrogens with zero attached hydrogens (tertiary/aromatic N) is 1. The van der Waals surface area contributed by atoms with Crippen LogP contribution in [-0.4, -0.2) is 16.0 Å². The predicted octanol–water partition coefficient (Wildman–Crippen LogP) is 2.93. The number of carbonyl (C=O) groups excluding carboxylic acids is 1. The fourth-order valence-corrected chi connectivity index (χ4v) is 1.87. The Hall–Kier alpha value is -2.07. The lowest BCUT2D eigenvalue weighted by Crippen LogP contribution is -2.27. The predicted molar refractivity (Wildman–Crippen MR) is 73.2 cm³/mol. The molecule has 2 rings (SSSR count). The van der Waals surface area contributed by atoms with E-state index in [2.05, 4.69) is 10.3 Å². The fraction of sp³-hybridized carbons (Fsp3) is 0.143. The average molecular weight is 277 g/mol. The Morgan fingerprint density at radius 2 is 2.16 bits per heavy atom. The summed E-state index contributed by atoms with van der Waals surface area (Å²) < 4.78 is 0. The van der Waals surface area contributed by atoms with Gasteiger partial charge in [-0.25, -0.2) is 0 Å². The minimum atomic E-state index is -0.348. The third kappa shape index (κ3) is 3.23. The number of benzene rings is 1. The molecule has 0 radical (unpaired) electrons. The van der Waals surface area contributed by atoms with E-state index in [0.29, 0.717) is 5.02 Å². The van der Waals surface area contributed by atoms with Crippen LogP contribution in [0.5, 0.6) is 5.75 Å². The first kappa shape index (κ1) is 13.4. The number of hydrogen-bond donors (Lipinski definition) is 2. The van der Waals surface area contributed by atoms with Gasteiger partial charge < -0.3 is 10.4 Å². The van der Waals surface area contributed by atoms with Gasteiger partial charge in [-0.2, -0.15) is 0 Å². The van der Waals surface area contributed by atoms with Crippen molar-refractivity contribution in [3.05, 3.63) is 58.9 Å². The maximum atomic E-state index is 12.1. The standard InChI is InChI=1S/C14H13ClN2O2/c1-9(13-4-2-3-7-16-13)17-14(19)11-8-10(18)5-6-12(11)15/h2-9,18H,1H3,(H,17,19). The third-order valence-corrected chi connectivity index (χ3v) is 3.00. The topological polar surface area (TPSA) is 62.2 Å². The van der Waals surface area contributed by atoms with Gasteiger partial charge in [0.05, 0.1) is 22.3 Å². The van der Waals surface area contributed by atoms with Crippen LogP contribution in [0.25, 0.3) is 0 Å². The second-order valence-electron chi connectivity index (χ2n) is 4.11. The first-order valence-corrected chi connectivity index (χ1v) is 6.16. The molecule has 0 aliphatic carbocycles. The van der Waals surface area contributed by atoms with E-state index in [4.69, 9.17) is 11.6 Å². The largest absolute Gasteiger partial charge is 0.508 e. The van der Waals surface area contributed by atoms with Gasteiger partial charge in [0.1, 0.15) is 5.75 Å². The summed E-state index contributed by atoms with van der Waals surface area (Å²) in [5.41, 5.74) is 0.997.